The molecule has 7 heteroatoms. The normalized spacial score (nSPS) is 22.0. The number of carbonyl (C=O) groups excluding carboxylic acids is 2. The number of hydrogen-bond acceptors (Lipinski definition) is 4. The average Bonchev–Trinajstić information content (AvgIpc) is 3.20. The molecule has 0 N–H and O–H groups in total. The van der Waals surface area contributed by atoms with Gasteiger partial charge in [0.2, 0.25) is 5.91 Å². The van der Waals surface area contributed by atoms with Gasteiger partial charge < -0.3 is 9.80 Å². The lowest BCUT2D eigenvalue weighted by atomic mass is 10.1. The predicted octanol–water partition coefficient (Wildman–Crippen LogP) is 2.24. The minimum Gasteiger partial charge on any atom is -0.335 e. The number of benzene rings is 1. The van der Waals surface area contributed by atoms with Crippen molar-refractivity contribution in [3.05, 3.63) is 29.8 Å². The van der Waals surface area contributed by atoms with Gasteiger partial charge in [-0.2, -0.15) is 0 Å². The van der Waals surface area contributed by atoms with Crippen molar-refractivity contribution in [1.29, 1.82) is 0 Å². The van der Waals surface area contributed by atoms with Gasteiger partial charge in [-0.3, -0.25) is 9.59 Å². The average molecular weight is 378 g/mol. The number of anilines is 1. The summed E-state index contributed by atoms with van der Waals surface area (Å²) in [5, 5.41) is 0. The van der Waals surface area contributed by atoms with Crippen LogP contribution in [0, 0.1) is 0 Å². The zero-order chi connectivity index (χ0) is 18.7. The highest BCUT2D eigenvalue weighted by Gasteiger charge is 2.34. The summed E-state index contributed by atoms with van der Waals surface area (Å²) in [4.78, 5) is 28.3. The van der Waals surface area contributed by atoms with Crippen LogP contribution in [0.4, 0.5) is 5.69 Å². The lowest BCUT2D eigenvalue weighted by Crippen LogP contribution is -2.41. The molecule has 2 saturated heterocycles. The monoisotopic (exact) mass is 378 g/mol. The van der Waals surface area contributed by atoms with Gasteiger partial charge in [0.05, 0.1) is 11.5 Å². The zero-order valence-corrected chi connectivity index (χ0v) is 16.0. The SMILES string of the molecule is CCCCN(C(=O)c1ccc(N2CCCC2=O)cc1)C1CCS(=O)(=O)C1. The van der Waals surface area contributed by atoms with Crippen LogP contribution in [0.5, 0.6) is 0 Å². The molecule has 2 fully saturated rings. The molecule has 2 aliphatic heterocycles. The highest BCUT2D eigenvalue weighted by molar-refractivity contribution is 7.91. The van der Waals surface area contributed by atoms with Crippen LogP contribution in [-0.4, -0.2) is 55.8 Å². The van der Waals surface area contributed by atoms with Crippen LogP contribution in [0.1, 0.15) is 49.4 Å². The van der Waals surface area contributed by atoms with Crippen molar-refractivity contribution >= 4 is 27.3 Å². The molecule has 0 spiro atoms. The van der Waals surface area contributed by atoms with Crippen molar-refractivity contribution in [1.82, 2.24) is 4.90 Å². The van der Waals surface area contributed by atoms with E-state index in [0.717, 1.165) is 24.9 Å². The summed E-state index contributed by atoms with van der Waals surface area (Å²) in [7, 11) is -3.04. The van der Waals surface area contributed by atoms with E-state index in [2.05, 4.69) is 6.92 Å². The van der Waals surface area contributed by atoms with E-state index in [1.165, 1.54) is 0 Å². The standard InChI is InChI=1S/C19H26N2O4S/c1-2-3-11-21(17-10-13-26(24,25)14-17)19(23)15-6-8-16(9-7-15)20-12-4-5-18(20)22/h6-9,17H,2-5,10-14H2,1H3. The van der Waals surface area contributed by atoms with Gasteiger partial charge in [0.1, 0.15) is 0 Å². The number of sulfone groups is 1. The van der Waals surface area contributed by atoms with Crippen LogP contribution in [0.3, 0.4) is 0 Å². The van der Waals surface area contributed by atoms with E-state index < -0.39 is 9.84 Å². The smallest absolute Gasteiger partial charge is 0.254 e. The van der Waals surface area contributed by atoms with Gasteiger partial charge in [-0.15, -0.1) is 0 Å². The molecule has 0 aromatic heterocycles. The van der Waals surface area contributed by atoms with Crippen molar-refractivity contribution in [2.24, 2.45) is 0 Å². The maximum atomic E-state index is 13.0. The number of rotatable bonds is 6. The number of nitrogens with zero attached hydrogens (tertiary/aromatic N) is 2. The highest BCUT2D eigenvalue weighted by Crippen LogP contribution is 2.24. The van der Waals surface area contributed by atoms with Gasteiger partial charge in [-0.05, 0) is 43.5 Å². The van der Waals surface area contributed by atoms with E-state index in [-0.39, 0.29) is 29.4 Å². The molecule has 1 aromatic carbocycles. The summed E-state index contributed by atoms with van der Waals surface area (Å²) < 4.78 is 23.7. The van der Waals surface area contributed by atoms with Gasteiger partial charge in [0.15, 0.2) is 9.84 Å². The van der Waals surface area contributed by atoms with Gasteiger partial charge >= 0.3 is 0 Å². The summed E-state index contributed by atoms with van der Waals surface area (Å²) in [6.45, 7) is 3.34. The molecule has 1 atom stereocenters. The molecule has 26 heavy (non-hydrogen) atoms. The van der Waals surface area contributed by atoms with E-state index in [1.54, 1.807) is 34.1 Å². The maximum absolute atomic E-state index is 13.0. The van der Waals surface area contributed by atoms with Crippen LogP contribution in [0.25, 0.3) is 0 Å². The van der Waals surface area contributed by atoms with E-state index in [1.807, 2.05) is 0 Å². The second-order valence-electron chi connectivity index (χ2n) is 7.10. The van der Waals surface area contributed by atoms with Crippen molar-refractivity contribution in [3.8, 4) is 0 Å². The van der Waals surface area contributed by atoms with Crippen molar-refractivity contribution in [2.45, 2.75) is 45.1 Å². The van der Waals surface area contributed by atoms with Crippen molar-refractivity contribution < 1.29 is 18.0 Å². The minimum atomic E-state index is -3.04. The number of amides is 2. The largest absolute Gasteiger partial charge is 0.335 e. The Morgan fingerprint density at radius 3 is 2.54 bits per heavy atom. The van der Waals surface area contributed by atoms with Gasteiger partial charge in [-0.1, -0.05) is 13.3 Å². The number of carbonyl (C=O) groups is 2. The molecule has 0 radical (unpaired) electrons. The van der Waals surface area contributed by atoms with Crippen LogP contribution in [0.2, 0.25) is 0 Å². The fourth-order valence-corrected chi connectivity index (χ4v) is 5.40. The minimum absolute atomic E-state index is 0.0584. The van der Waals surface area contributed by atoms with Crippen LogP contribution in [-0.2, 0) is 14.6 Å². The third-order valence-corrected chi connectivity index (χ3v) is 6.91. The first-order valence-corrected chi connectivity index (χ1v) is 11.2. The lowest BCUT2D eigenvalue weighted by molar-refractivity contribution is -0.117. The van der Waals surface area contributed by atoms with Gasteiger partial charge in [0.25, 0.3) is 5.91 Å². The Bertz CT molecular complexity index is 773. The molecule has 2 aliphatic rings. The summed E-state index contributed by atoms with van der Waals surface area (Å²) >= 11 is 0. The molecular weight excluding hydrogens is 352 g/mol. The first-order chi connectivity index (χ1) is 12.4. The van der Waals surface area contributed by atoms with E-state index in [4.69, 9.17) is 0 Å². The molecule has 2 amide bonds. The maximum Gasteiger partial charge on any atom is 0.254 e. The molecule has 0 bridgehead atoms. The molecule has 3 rings (SSSR count). The van der Waals surface area contributed by atoms with Crippen LogP contribution < -0.4 is 4.90 Å². The van der Waals surface area contributed by atoms with Crippen LogP contribution >= 0.6 is 0 Å². The molecule has 142 valence electrons. The van der Waals surface area contributed by atoms with Crippen molar-refractivity contribution in [2.75, 3.05) is 29.5 Å². The quantitative estimate of drug-likeness (QED) is 0.761. The summed E-state index contributed by atoms with van der Waals surface area (Å²) in [6, 6.07) is 6.86. The first kappa shape index (κ1) is 18.9. The second kappa shape index (κ2) is 7.78. The Kier molecular flexibility index (Phi) is 5.65. The summed E-state index contributed by atoms with van der Waals surface area (Å²) in [5.74, 6) is 0.205. The van der Waals surface area contributed by atoms with Gasteiger partial charge in [-0.25, -0.2) is 8.42 Å². The fraction of sp³-hybridized carbons (Fsp3) is 0.579. The first-order valence-electron chi connectivity index (χ1n) is 9.33. The van der Waals surface area contributed by atoms with Crippen LogP contribution in [0.15, 0.2) is 24.3 Å². The molecule has 1 unspecified atom stereocenters. The van der Waals surface area contributed by atoms with Gasteiger partial charge in [0, 0.05) is 36.8 Å². The molecular formula is C19H26N2O4S. The van der Waals surface area contributed by atoms with E-state index in [9.17, 15) is 18.0 Å². The Balaban J connectivity index is 1.76. The third kappa shape index (κ3) is 4.09. The Morgan fingerprint density at radius 1 is 1.27 bits per heavy atom. The van der Waals surface area contributed by atoms with E-state index >= 15 is 0 Å². The van der Waals surface area contributed by atoms with Crippen molar-refractivity contribution in [3.63, 3.8) is 0 Å². The third-order valence-electron chi connectivity index (χ3n) is 5.16. The van der Waals surface area contributed by atoms with E-state index in [0.29, 0.717) is 31.5 Å². The Labute approximate surface area is 155 Å². The second-order valence-corrected chi connectivity index (χ2v) is 9.33. The molecule has 6 nitrogen and oxygen atoms in total. The Morgan fingerprint density at radius 2 is 2.00 bits per heavy atom. The summed E-state index contributed by atoms with van der Waals surface area (Å²) in [5.41, 5.74) is 1.35. The lowest BCUT2D eigenvalue weighted by Gasteiger charge is -2.28. The molecule has 2 heterocycles. The number of hydrogen-bond donors (Lipinski definition) is 0. The topological polar surface area (TPSA) is 74.8 Å². The summed E-state index contributed by atoms with van der Waals surface area (Å²) in [6.07, 6.45) is 3.74. The number of unbranched alkanes of at least 4 members (excludes halogenated alkanes) is 1. The highest BCUT2D eigenvalue weighted by atomic mass is 32.2. The molecule has 0 aliphatic carbocycles. The zero-order valence-electron chi connectivity index (χ0n) is 15.2. The molecule has 1 aromatic rings. The molecule has 0 saturated carbocycles. The fourth-order valence-electron chi connectivity index (χ4n) is 3.67. The Hall–Kier alpha value is -1.89. The predicted molar refractivity (Wildman–Crippen MR) is 101 cm³/mol.